The Labute approximate surface area is 166 Å². The molecule has 8 heteroatoms. The van der Waals surface area contributed by atoms with Crippen LogP contribution in [0.4, 0.5) is 13.2 Å². The summed E-state index contributed by atoms with van der Waals surface area (Å²) >= 11 is 5.87. The number of hydrogen-bond donors (Lipinski definition) is 2. The molecule has 2 atom stereocenters. The van der Waals surface area contributed by atoms with Crippen molar-refractivity contribution >= 4 is 23.5 Å². The Kier molecular flexibility index (Phi) is 5.42. The predicted molar refractivity (Wildman–Crippen MR) is 105 cm³/mol. The van der Waals surface area contributed by atoms with E-state index in [1.54, 1.807) is 62.6 Å². The Bertz CT molecular complexity index is 856. The lowest BCUT2D eigenvalue weighted by molar-refractivity contribution is -0.262. The molecule has 1 aromatic carbocycles. The Hall–Kier alpha value is -2.12. The molecule has 3 rings (SSSR count). The van der Waals surface area contributed by atoms with Crippen LogP contribution in [-0.2, 0) is 5.41 Å². The second-order valence-electron chi connectivity index (χ2n) is 7.69. The van der Waals surface area contributed by atoms with Crippen molar-refractivity contribution < 1.29 is 18.3 Å². The number of rotatable bonds is 5. The highest BCUT2D eigenvalue weighted by molar-refractivity contribution is 6.30. The van der Waals surface area contributed by atoms with E-state index in [1.165, 1.54) is 0 Å². The van der Waals surface area contributed by atoms with Crippen molar-refractivity contribution in [2.75, 3.05) is 6.54 Å². The monoisotopic (exact) mass is 411 g/mol. The van der Waals surface area contributed by atoms with Crippen molar-refractivity contribution in [1.82, 2.24) is 5.43 Å². The molecular weight excluding hydrogens is 391 g/mol. The van der Waals surface area contributed by atoms with E-state index in [1.807, 2.05) is 0 Å². The lowest BCUT2D eigenvalue weighted by Crippen LogP contribution is -2.51. The first-order valence-electron chi connectivity index (χ1n) is 8.79. The fourth-order valence-electron chi connectivity index (χ4n) is 3.42. The maximum Gasteiger partial charge on any atom is 0.419 e. The molecule has 2 aliphatic rings. The fraction of sp³-hybridized carbons (Fsp3) is 0.400. The number of hydrogen-bond acceptors (Lipinski definition) is 4. The van der Waals surface area contributed by atoms with Crippen LogP contribution >= 0.6 is 11.6 Å². The molecule has 2 unspecified atom stereocenters. The smallest absolute Gasteiger partial charge is 0.379 e. The first-order chi connectivity index (χ1) is 13.0. The van der Waals surface area contributed by atoms with Crippen molar-refractivity contribution in [3.63, 3.8) is 0 Å². The minimum absolute atomic E-state index is 0.313. The number of aliphatic imine (C=N–C) groups is 1. The number of nitrogens with one attached hydrogen (secondary N) is 1. The summed E-state index contributed by atoms with van der Waals surface area (Å²) in [5.41, 5.74) is 0.699. The van der Waals surface area contributed by atoms with E-state index < -0.39 is 30.2 Å². The van der Waals surface area contributed by atoms with Gasteiger partial charge in [-0.3, -0.25) is 10.4 Å². The van der Waals surface area contributed by atoms with Crippen molar-refractivity contribution in [3.8, 4) is 0 Å². The summed E-state index contributed by atoms with van der Waals surface area (Å²) in [5.74, 6) is -0.313. The van der Waals surface area contributed by atoms with E-state index in [4.69, 9.17) is 11.6 Å². The molecule has 28 heavy (non-hydrogen) atoms. The number of hydrazone groups is 1. The van der Waals surface area contributed by atoms with E-state index in [2.05, 4.69) is 15.5 Å². The molecule has 0 saturated carbocycles. The summed E-state index contributed by atoms with van der Waals surface area (Å²) in [7, 11) is 0. The van der Waals surface area contributed by atoms with Crippen LogP contribution < -0.4 is 5.43 Å². The maximum atomic E-state index is 13.8. The third kappa shape index (κ3) is 4.15. The van der Waals surface area contributed by atoms with E-state index in [-0.39, 0.29) is 5.92 Å². The zero-order valence-electron chi connectivity index (χ0n) is 15.5. The van der Waals surface area contributed by atoms with Gasteiger partial charge in [0.25, 0.3) is 0 Å². The third-order valence-electron chi connectivity index (χ3n) is 5.02. The summed E-state index contributed by atoms with van der Waals surface area (Å²) in [4.78, 5) is 4.12. The quantitative estimate of drug-likeness (QED) is 0.754. The molecule has 0 bridgehead atoms. The van der Waals surface area contributed by atoms with E-state index in [0.717, 1.165) is 5.70 Å². The molecule has 0 spiro atoms. The van der Waals surface area contributed by atoms with Gasteiger partial charge in [-0.1, -0.05) is 43.7 Å². The van der Waals surface area contributed by atoms with Crippen LogP contribution in [0, 0.1) is 5.92 Å². The number of benzene rings is 1. The van der Waals surface area contributed by atoms with Gasteiger partial charge in [-0.15, -0.1) is 0 Å². The largest absolute Gasteiger partial charge is 0.419 e. The zero-order valence-corrected chi connectivity index (χ0v) is 16.2. The molecule has 0 saturated heterocycles. The van der Waals surface area contributed by atoms with Gasteiger partial charge in [0.2, 0.25) is 0 Å². The van der Waals surface area contributed by atoms with Crippen LogP contribution in [0.5, 0.6) is 0 Å². The molecule has 4 nitrogen and oxygen atoms in total. The second-order valence-corrected chi connectivity index (χ2v) is 8.12. The molecule has 2 N–H and O–H groups in total. The minimum Gasteiger partial charge on any atom is -0.379 e. The Morgan fingerprint density at radius 1 is 1.21 bits per heavy atom. The molecule has 150 valence electrons. The standard InChI is InChI=1S/C20H21ClF3N3O/c1-18(2,13-6-8-14(21)9-7-13)11-19(28,20(22,23)24)12-25-16-4-3-5-17-15(16)10-26-27-17/h3-10,15,27-28H,11-12H2,1-2H3. The summed E-state index contributed by atoms with van der Waals surface area (Å²) in [6.07, 6.45) is 1.32. The molecule has 0 fully saturated rings. The van der Waals surface area contributed by atoms with Gasteiger partial charge in [0.1, 0.15) is 0 Å². The number of fused-ring (bicyclic) bond motifs is 1. The predicted octanol–water partition coefficient (Wildman–Crippen LogP) is 4.40. The number of nitrogens with zero attached hydrogens (tertiary/aromatic N) is 2. The van der Waals surface area contributed by atoms with Gasteiger partial charge in [-0.25, -0.2) is 0 Å². The first kappa shape index (κ1) is 20.6. The fourth-order valence-corrected chi connectivity index (χ4v) is 3.55. The molecular formula is C20H21ClF3N3O. The van der Waals surface area contributed by atoms with Gasteiger partial charge in [0.05, 0.1) is 12.5 Å². The number of alkyl halides is 3. The Balaban J connectivity index is 1.86. The van der Waals surface area contributed by atoms with E-state index in [9.17, 15) is 18.3 Å². The molecule has 0 aromatic heterocycles. The topological polar surface area (TPSA) is 57.0 Å². The highest BCUT2D eigenvalue weighted by Gasteiger charge is 2.56. The van der Waals surface area contributed by atoms with Gasteiger partial charge in [-0.05, 0) is 41.7 Å². The molecule has 0 amide bonds. The highest BCUT2D eigenvalue weighted by atomic mass is 35.5. The summed E-state index contributed by atoms with van der Waals surface area (Å²) in [6.45, 7) is 2.54. The Morgan fingerprint density at radius 3 is 2.54 bits per heavy atom. The average molecular weight is 412 g/mol. The van der Waals surface area contributed by atoms with Gasteiger partial charge >= 0.3 is 6.18 Å². The second kappa shape index (κ2) is 7.37. The van der Waals surface area contributed by atoms with Crippen LogP contribution in [-0.4, -0.2) is 35.4 Å². The highest BCUT2D eigenvalue weighted by Crippen LogP contribution is 2.41. The van der Waals surface area contributed by atoms with Crippen molar-refractivity contribution in [1.29, 1.82) is 0 Å². The van der Waals surface area contributed by atoms with Crippen LogP contribution in [0.15, 0.2) is 58.3 Å². The van der Waals surface area contributed by atoms with Crippen LogP contribution in [0.2, 0.25) is 5.02 Å². The minimum atomic E-state index is -4.83. The SMILES string of the molecule is CC(C)(CC(O)(CN=C1C=CC=C2NN=CC21)C(F)(F)F)c1ccc(Cl)cc1. The molecule has 1 aliphatic heterocycles. The van der Waals surface area contributed by atoms with Gasteiger partial charge in [0, 0.05) is 22.6 Å². The number of allylic oxidation sites excluding steroid dienone is 4. The maximum absolute atomic E-state index is 13.8. The van der Waals surface area contributed by atoms with Gasteiger partial charge in [-0.2, -0.15) is 18.3 Å². The molecule has 1 aliphatic carbocycles. The lowest BCUT2D eigenvalue weighted by Gasteiger charge is -2.37. The summed E-state index contributed by atoms with van der Waals surface area (Å²) < 4.78 is 41.5. The van der Waals surface area contributed by atoms with Gasteiger partial charge < -0.3 is 5.11 Å². The van der Waals surface area contributed by atoms with Crippen molar-refractivity contribution in [3.05, 3.63) is 58.8 Å². The Morgan fingerprint density at radius 2 is 1.89 bits per heavy atom. The number of halogens is 4. The first-order valence-corrected chi connectivity index (χ1v) is 9.17. The molecule has 0 radical (unpaired) electrons. The number of aliphatic hydroxyl groups is 1. The zero-order chi connectivity index (χ0) is 20.6. The normalized spacial score (nSPS) is 22.6. The average Bonchev–Trinajstić information content (AvgIpc) is 3.08. The van der Waals surface area contributed by atoms with Crippen LogP contribution in [0.1, 0.15) is 25.8 Å². The van der Waals surface area contributed by atoms with Gasteiger partial charge in [0.15, 0.2) is 5.60 Å². The van der Waals surface area contributed by atoms with Crippen LogP contribution in [0.25, 0.3) is 0 Å². The third-order valence-corrected chi connectivity index (χ3v) is 5.28. The van der Waals surface area contributed by atoms with Crippen molar-refractivity contribution in [2.45, 2.75) is 37.5 Å². The van der Waals surface area contributed by atoms with Crippen molar-refractivity contribution in [2.24, 2.45) is 16.0 Å². The van der Waals surface area contributed by atoms with E-state index >= 15 is 0 Å². The summed E-state index contributed by atoms with van der Waals surface area (Å²) in [6, 6.07) is 6.59. The molecule has 1 aromatic rings. The summed E-state index contributed by atoms with van der Waals surface area (Å²) in [5, 5.41) is 15.0. The molecule has 1 heterocycles. The lowest BCUT2D eigenvalue weighted by atomic mass is 9.75. The van der Waals surface area contributed by atoms with E-state index in [0.29, 0.717) is 16.3 Å². The van der Waals surface area contributed by atoms with Crippen LogP contribution in [0.3, 0.4) is 0 Å².